The lowest BCUT2D eigenvalue weighted by Crippen LogP contribution is -2.24. The Morgan fingerprint density at radius 3 is 2.21 bits per heavy atom. The molecule has 5 aromatic rings. The van der Waals surface area contributed by atoms with Crippen molar-refractivity contribution in [3.8, 4) is 16.8 Å². The lowest BCUT2D eigenvalue weighted by Gasteiger charge is -2.14. The molecule has 3 N–H and O–H groups in total. The molecule has 43 heavy (non-hydrogen) atoms. The third-order valence-corrected chi connectivity index (χ3v) is 10.3. The normalized spacial score (nSPS) is 12.2. The molecule has 2 aromatic heterocycles. The molecule has 0 radical (unpaired) electrons. The average molecular weight is 632 g/mol. The van der Waals surface area contributed by atoms with Crippen molar-refractivity contribution in [2.75, 3.05) is 5.32 Å². The first-order valence-corrected chi connectivity index (χ1v) is 16.7. The van der Waals surface area contributed by atoms with Crippen molar-refractivity contribution in [3.63, 3.8) is 0 Å². The molecular weight excluding hydrogens is 603 g/mol. The Bertz CT molecular complexity index is 1880. The van der Waals surface area contributed by atoms with Gasteiger partial charge >= 0.3 is 0 Å². The number of thioether (sulfide) groups is 1. The summed E-state index contributed by atoms with van der Waals surface area (Å²) in [6, 6.07) is 23.5. The third kappa shape index (κ3) is 6.71. The first-order valence-electron chi connectivity index (χ1n) is 13.3. The predicted octanol–water partition coefficient (Wildman–Crippen LogP) is 5.80. The van der Waals surface area contributed by atoms with E-state index in [2.05, 4.69) is 15.5 Å². The molecule has 0 aliphatic carbocycles. The number of carbonyl (C=O) groups excluding carboxylic acids is 2. The summed E-state index contributed by atoms with van der Waals surface area (Å²) in [4.78, 5) is 26.0. The number of benzene rings is 3. The molecule has 1 unspecified atom stereocenters. The second kappa shape index (κ2) is 12.5. The SMILES string of the molecule is Cc1ccc(-c2csc(NC(=O)C(C)Sc3nnc(CS(=O)(=O)c4ccc(C)cc4)n3-c3ccccc3)c2C(N)=O)cc1. The molecule has 0 fully saturated rings. The van der Waals surface area contributed by atoms with Crippen LogP contribution in [0.3, 0.4) is 0 Å². The Morgan fingerprint density at radius 1 is 0.953 bits per heavy atom. The van der Waals surface area contributed by atoms with Crippen molar-refractivity contribution in [2.24, 2.45) is 5.73 Å². The molecule has 2 amide bonds. The highest BCUT2D eigenvalue weighted by Crippen LogP contribution is 2.36. The Balaban J connectivity index is 1.40. The second-order valence-electron chi connectivity index (χ2n) is 9.98. The van der Waals surface area contributed by atoms with E-state index in [1.165, 1.54) is 11.3 Å². The minimum absolute atomic E-state index is 0.189. The van der Waals surface area contributed by atoms with Gasteiger partial charge in [0.2, 0.25) is 5.91 Å². The van der Waals surface area contributed by atoms with E-state index in [0.717, 1.165) is 28.5 Å². The van der Waals surface area contributed by atoms with E-state index in [9.17, 15) is 18.0 Å². The maximum atomic E-state index is 13.3. The second-order valence-corrected chi connectivity index (χ2v) is 14.2. The molecule has 0 saturated carbocycles. The van der Waals surface area contributed by atoms with Crippen LogP contribution in [-0.2, 0) is 20.4 Å². The van der Waals surface area contributed by atoms with Crippen LogP contribution in [-0.4, -0.2) is 40.2 Å². The van der Waals surface area contributed by atoms with Crippen molar-refractivity contribution < 1.29 is 18.0 Å². The average Bonchev–Trinajstić information content (AvgIpc) is 3.57. The fraction of sp³-hybridized carbons (Fsp3) is 0.161. The highest BCUT2D eigenvalue weighted by atomic mass is 32.2. The number of aromatic nitrogens is 3. The molecule has 0 aliphatic rings. The van der Waals surface area contributed by atoms with Crippen molar-refractivity contribution in [1.29, 1.82) is 0 Å². The van der Waals surface area contributed by atoms with Gasteiger partial charge in [0.25, 0.3) is 5.91 Å². The van der Waals surface area contributed by atoms with E-state index in [0.29, 0.717) is 21.4 Å². The molecule has 1 atom stereocenters. The standard InChI is InChI=1S/C31H29N5O4S3/c1-19-9-13-22(14-10-19)25-17-41-30(27(25)28(32)37)33-29(38)21(3)42-31-35-34-26(36(31)23-7-5-4-6-8-23)18-43(39,40)24-15-11-20(2)12-16-24/h4-17,21H,18H2,1-3H3,(H2,32,37)(H,33,38). The van der Waals surface area contributed by atoms with Crippen molar-refractivity contribution in [3.05, 3.63) is 107 Å². The van der Waals surface area contributed by atoms with E-state index in [1.54, 1.807) is 41.1 Å². The largest absolute Gasteiger partial charge is 0.365 e. The van der Waals surface area contributed by atoms with Crippen LogP contribution < -0.4 is 11.1 Å². The third-order valence-electron chi connectivity index (χ3n) is 6.70. The number of rotatable bonds is 10. The summed E-state index contributed by atoms with van der Waals surface area (Å²) in [5.41, 5.74) is 10.1. The Hall–Kier alpha value is -4.26. The number of primary amides is 1. The molecule has 5 rings (SSSR count). The predicted molar refractivity (Wildman–Crippen MR) is 170 cm³/mol. The number of aryl methyl sites for hydroxylation is 2. The molecule has 2 heterocycles. The molecule has 0 aliphatic heterocycles. The Morgan fingerprint density at radius 2 is 1.58 bits per heavy atom. The number of nitrogens with one attached hydrogen (secondary N) is 1. The van der Waals surface area contributed by atoms with Gasteiger partial charge < -0.3 is 11.1 Å². The number of thiophene rings is 1. The van der Waals surface area contributed by atoms with Gasteiger partial charge in [-0.15, -0.1) is 21.5 Å². The maximum absolute atomic E-state index is 13.3. The van der Waals surface area contributed by atoms with Crippen LogP contribution in [0.1, 0.15) is 34.2 Å². The Kier molecular flexibility index (Phi) is 8.81. The summed E-state index contributed by atoms with van der Waals surface area (Å²) in [5.74, 6) is -1.17. The lowest BCUT2D eigenvalue weighted by molar-refractivity contribution is -0.115. The van der Waals surface area contributed by atoms with Crippen molar-refractivity contribution >= 4 is 49.8 Å². The highest BCUT2D eigenvalue weighted by molar-refractivity contribution is 8.00. The number of hydrogen-bond donors (Lipinski definition) is 2. The van der Waals surface area contributed by atoms with E-state index in [-0.39, 0.29) is 27.9 Å². The minimum atomic E-state index is -3.72. The van der Waals surface area contributed by atoms with E-state index < -0.39 is 21.0 Å². The van der Waals surface area contributed by atoms with Crippen LogP contribution >= 0.6 is 23.1 Å². The van der Waals surface area contributed by atoms with Crippen LogP contribution in [0.5, 0.6) is 0 Å². The molecule has 0 saturated heterocycles. The Labute approximate surface area is 258 Å². The van der Waals surface area contributed by atoms with Gasteiger partial charge in [-0.1, -0.05) is 77.5 Å². The number of amides is 2. The van der Waals surface area contributed by atoms with Crippen LogP contribution in [0.25, 0.3) is 16.8 Å². The fourth-order valence-corrected chi connectivity index (χ4v) is 7.48. The molecule has 220 valence electrons. The molecular formula is C31H29N5O4S3. The van der Waals surface area contributed by atoms with Gasteiger partial charge in [-0.05, 0) is 50.6 Å². The van der Waals surface area contributed by atoms with E-state index in [4.69, 9.17) is 5.73 Å². The van der Waals surface area contributed by atoms with Crippen molar-refractivity contribution in [1.82, 2.24) is 14.8 Å². The molecule has 3 aromatic carbocycles. The topological polar surface area (TPSA) is 137 Å². The quantitative estimate of drug-likeness (QED) is 0.186. The summed E-state index contributed by atoms with van der Waals surface area (Å²) < 4.78 is 28.2. The van der Waals surface area contributed by atoms with E-state index >= 15 is 0 Å². The zero-order valence-electron chi connectivity index (χ0n) is 23.6. The van der Waals surface area contributed by atoms with Crippen LogP contribution in [0.4, 0.5) is 5.00 Å². The first kappa shape index (κ1) is 30.2. The van der Waals surface area contributed by atoms with E-state index in [1.807, 2.05) is 68.4 Å². The summed E-state index contributed by atoms with van der Waals surface area (Å²) in [5, 5.41) is 13.2. The van der Waals surface area contributed by atoms with Gasteiger partial charge in [-0.2, -0.15) is 0 Å². The maximum Gasteiger partial charge on any atom is 0.252 e. The van der Waals surface area contributed by atoms with Crippen LogP contribution in [0.15, 0.2) is 94.3 Å². The zero-order valence-corrected chi connectivity index (χ0v) is 26.1. The summed E-state index contributed by atoms with van der Waals surface area (Å²) in [6.07, 6.45) is 0. The van der Waals surface area contributed by atoms with Gasteiger partial charge in [-0.3, -0.25) is 14.2 Å². The number of carbonyl (C=O) groups is 2. The van der Waals surface area contributed by atoms with Gasteiger partial charge in [0.05, 0.1) is 15.7 Å². The summed E-state index contributed by atoms with van der Waals surface area (Å²) in [7, 11) is -3.72. The highest BCUT2D eigenvalue weighted by Gasteiger charge is 2.27. The molecule has 0 bridgehead atoms. The van der Waals surface area contributed by atoms with Crippen molar-refractivity contribution in [2.45, 2.75) is 41.8 Å². The molecule has 9 nitrogen and oxygen atoms in total. The molecule has 0 spiro atoms. The monoisotopic (exact) mass is 631 g/mol. The van der Waals surface area contributed by atoms with Gasteiger partial charge in [0, 0.05) is 16.6 Å². The first-order chi connectivity index (χ1) is 20.5. The number of sulfone groups is 1. The number of anilines is 1. The smallest absolute Gasteiger partial charge is 0.252 e. The number of nitrogens with zero attached hydrogens (tertiary/aromatic N) is 3. The summed E-state index contributed by atoms with van der Waals surface area (Å²) in [6.45, 7) is 5.56. The van der Waals surface area contributed by atoms with Crippen LogP contribution in [0, 0.1) is 13.8 Å². The van der Waals surface area contributed by atoms with Crippen LogP contribution in [0.2, 0.25) is 0 Å². The zero-order chi connectivity index (χ0) is 30.7. The van der Waals surface area contributed by atoms with Gasteiger partial charge in [-0.25, -0.2) is 8.42 Å². The fourth-order valence-electron chi connectivity index (χ4n) is 4.37. The summed E-state index contributed by atoms with van der Waals surface area (Å²) >= 11 is 2.35. The van der Waals surface area contributed by atoms with Gasteiger partial charge in [0.15, 0.2) is 20.8 Å². The molecule has 12 heteroatoms. The minimum Gasteiger partial charge on any atom is -0.365 e. The number of nitrogens with two attached hydrogens (primary N) is 1. The number of hydrogen-bond acceptors (Lipinski definition) is 8. The van der Waals surface area contributed by atoms with Gasteiger partial charge in [0.1, 0.15) is 10.8 Å². The number of para-hydroxylation sites is 1. The lowest BCUT2D eigenvalue weighted by atomic mass is 10.0.